The standard InChI is InChI=1S/C13H25Br/c1-3-4-5-6-7-10-13(2,11-14)12-8-9-12/h12H,3-11H2,1-2H3. The van der Waals surface area contributed by atoms with Crippen LogP contribution in [-0.2, 0) is 0 Å². The van der Waals surface area contributed by atoms with Crippen molar-refractivity contribution in [2.45, 2.75) is 65.2 Å². The van der Waals surface area contributed by atoms with Gasteiger partial charge in [-0.3, -0.25) is 0 Å². The van der Waals surface area contributed by atoms with Gasteiger partial charge in [0.2, 0.25) is 0 Å². The van der Waals surface area contributed by atoms with Crippen LogP contribution in [0.15, 0.2) is 0 Å². The Morgan fingerprint density at radius 3 is 2.29 bits per heavy atom. The normalized spacial score (nSPS) is 20.8. The molecule has 1 fully saturated rings. The second-order valence-corrected chi connectivity index (χ2v) is 5.79. The monoisotopic (exact) mass is 260 g/mol. The van der Waals surface area contributed by atoms with Gasteiger partial charge in [-0.15, -0.1) is 0 Å². The van der Waals surface area contributed by atoms with Crippen LogP contribution in [0.3, 0.4) is 0 Å². The molecule has 0 saturated heterocycles. The lowest BCUT2D eigenvalue weighted by molar-refractivity contribution is 0.282. The third kappa shape index (κ3) is 3.92. The summed E-state index contributed by atoms with van der Waals surface area (Å²) < 4.78 is 0. The Balaban J connectivity index is 2.08. The highest BCUT2D eigenvalue weighted by Gasteiger charge is 2.39. The zero-order valence-electron chi connectivity index (χ0n) is 9.82. The maximum Gasteiger partial charge on any atom is 0.00879 e. The van der Waals surface area contributed by atoms with Gasteiger partial charge in [0.1, 0.15) is 0 Å². The number of hydrogen-bond donors (Lipinski definition) is 0. The molecule has 1 heteroatoms. The maximum absolute atomic E-state index is 3.70. The van der Waals surface area contributed by atoms with Gasteiger partial charge in [-0.1, -0.05) is 61.9 Å². The molecule has 1 saturated carbocycles. The molecule has 0 N–H and O–H groups in total. The second kappa shape index (κ2) is 6.15. The fraction of sp³-hybridized carbons (Fsp3) is 1.00. The molecular formula is C13H25Br. The van der Waals surface area contributed by atoms with Crippen LogP contribution >= 0.6 is 15.9 Å². The lowest BCUT2D eigenvalue weighted by atomic mass is 9.82. The Hall–Kier alpha value is 0.480. The maximum atomic E-state index is 3.70. The smallest absolute Gasteiger partial charge is 0.00879 e. The van der Waals surface area contributed by atoms with E-state index in [4.69, 9.17) is 0 Å². The highest BCUT2D eigenvalue weighted by atomic mass is 79.9. The molecule has 0 aromatic carbocycles. The number of unbranched alkanes of at least 4 members (excludes halogenated alkanes) is 4. The van der Waals surface area contributed by atoms with Crippen LogP contribution in [-0.4, -0.2) is 5.33 Å². The van der Waals surface area contributed by atoms with Crippen molar-refractivity contribution in [2.75, 3.05) is 5.33 Å². The molecule has 1 aliphatic rings. The lowest BCUT2D eigenvalue weighted by Crippen LogP contribution is -2.20. The summed E-state index contributed by atoms with van der Waals surface area (Å²) in [6, 6.07) is 0. The van der Waals surface area contributed by atoms with Crippen LogP contribution in [0, 0.1) is 11.3 Å². The molecule has 0 spiro atoms. The van der Waals surface area contributed by atoms with Crippen molar-refractivity contribution in [1.82, 2.24) is 0 Å². The summed E-state index contributed by atoms with van der Waals surface area (Å²) in [7, 11) is 0. The van der Waals surface area contributed by atoms with E-state index in [-0.39, 0.29) is 0 Å². The zero-order chi connectivity index (χ0) is 10.4. The van der Waals surface area contributed by atoms with Crippen molar-refractivity contribution in [3.05, 3.63) is 0 Å². The first-order chi connectivity index (χ1) is 6.73. The fourth-order valence-corrected chi connectivity index (χ4v) is 3.03. The summed E-state index contributed by atoms with van der Waals surface area (Å²) >= 11 is 3.70. The van der Waals surface area contributed by atoms with E-state index in [0.717, 1.165) is 5.92 Å². The van der Waals surface area contributed by atoms with Gasteiger partial charge in [-0.05, 0) is 30.6 Å². The van der Waals surface area contributed by atoms with Gasteiger partial charge in [0.25, 0.3) is 0 Å². The van der Waals surface area contributed by atoms with Gasteiger partial charge in [-0.25, -0.2) is 0 Å². The zero-order valence-corrected chi connectivity index (χ0v) is 11.4. The van der Waals surface area contributed by atoms with Crippen molar-refractivity contribution < 1.29 is 0 Å². The Morgan fingerprint density at radius 2 is 1.79 bits per heavy atom. The molecule has 1 unspecified atom stereocenters. The van der Waals surface area contributed by atoms with E-state index in [9.17, 15) is 0 Å². The molecule has 0 aromatic rings. The molecule has 0 heterocycles. The molecule has 84 valence electrons. The number of halogens is 1. The fourth-order valence-electron chi connectivity index (χ4n) is 2.29. The minimum absolute atomic E-state index is 0.617. The molecule has 0 amide bonds. The topological polar surface area (TPSA) is 0 Å². The van der Waals surface area contributed by atoms with Crippen LogP contribution < -0.4 is 0 Å². The van der Waals surface area contributed by atoms with Crippen LogP contribution in [0.2, 0.25) is 0 Å². The molecular weight excluding hydrogens is 236 g/mol. The average molecular weight is 261 g/mol. The van der Waals surface area contributed by atoms with Crippen LogP contribution in [0.5, 0.6) is 0 Å². The summed E-state index contributed by atoms with van der Waals surface area (Å²) in [5, 5.41) is 1.21. The minimum Gasteiger partial charge on any atom is -0.0922 e. The largest absolute Gasteiger partial charge is 0.0922 e. The van der Waals surface area contributed by atoms with E-state index in [0.29, 0.717) is 5.41 Å². The van der Waals surface area contributed by atoms with Crippen LogP contribution in [0.1, 0.15) is 65.2 Å². The van der Waals surface area contributed by atoms with Crippen molar-refractivity contribution in [1.29, 1.82) is 0 Å². The summed E-state index contributed by atoms with van der Waals surface area (Å²) in [5.74, 6) is 1.04. The predicted octanol–water partition coefficient (Wildman–Crippen LogP) is 5.16. The number of hydrogen-bond acceptors (Lipinski definition) is 0. The molecule has 0 aliphatic heterocycles. The van der Waals surface area contributed by atoms with Gasteiger partial charge in [0, 0.05) is 5.33 Å². The highest BCUT2D eigenvalue weighted by molar-refractivity contribution is 9.09. The molecule has 0 radical (unpaired) electrons. The van der Waals surface area contributed by atoms with Crippen molar-refractivity contribution in [2.24, 2.45) is 11.3 Å². The van der Waals surface area contributed by atoms with Crippen molar-refractivity contribution >= 4 is 15.9 Å². The predicted molar refractivity (Wildman–Crippen MR) is 68.0 cm³/mol. The van der Waals surface area contributed by atoms with E-state index in [1.165, 1.54) is 56.7 Å². The molecule has 14 heavy (non-hydrogen) atoms. The van der Waals surface area contributed by atoms with Gasteiger partial charge >= 0.3 is 0 Å². The third-order valence-corrected chi connectivity index (χ3v) is 5.00. The van der Waals surface area contributed by atoms with Crippen LogP contribution in [0.4, 0.5) is 0 Å². The quantitative estimate of drug-likeness (QED) is 0.418. The Bertz CT molecular complexity index is 151. The molecule has 1 aliphatic carbocycles. The van der Waals surface area contributed by atoms with Crippen molar-refractivity contribution in [3.8, 4) is 0 Å². The van der Waals surface area contributed by atoms with Gasteiger partial charge in [0.05, 0.1) is 0 Å². The SMILES string of the molecule is CCCCCCCC(C)(CBr)C1CC1. The van der Waals surface area contributed by atoms with Crippen molar-refractivity contribution in [3.63, 3.8) is 0 Å². The summed E-state index contributed by atoms with van der Waals surface area (Å²) in [6.07, 6.45) is 11.5. The molecule has 0 bridgehead atoms. The van der Waals surface area contributed by atoms with E-state index >= 15 is 0 Å². The molecule has 0 aromatic heterocycles. The molecule has 1 rings (SSSR count). The van der Waals surface area contributed by atoms with E-state index in [1.54, 1.807) is 0 Å². The van der Waals surface area contributed by atoms with E-state index < -0.39 is 0 Å². The third-order valence-electron chi connectivity index (χ3n) is 3.72. The summed E-state index contributed by atoms with van der Waals surface area (Å²) in [5.41, 5.74) is 0.617. The summed E-state index contributed by atoms with van der Waals surface area (Å²) in [6.45, 7) is 4.76. The first kappa shape index (κ1) is 12.5. The molecule has 1 atom stereocenters. The Labute approximate surface area is 98.0 Å². The first-order valence-electron chi connectivity index (χ1n) is 6.29. The second-order valence-electron chi connectivity index (χ2n) is 5.23. The Kier molecular flexibility index (Phi) is 5.51. The van der Waals surface area contributed by atoms with Gasteiger partial charge in [-0.2, -0.15) is 0 Å². The lowest BCUT2D eigenvalue weighted by Gasteiger charge is -2.27. The van der Waals surface area contributed by atoms with Gasteiger partial charge < -0.3 is 0 Å². The average Bonchev–Trinajstić information content (AvgIpc) is 3.01. The number of rotatable bonds is 8. The first-order valence-corrected chi connectivity index (χ1v) is 7.41. The Morgan fingerprint density at radius 1 is 1.14 bits per heavy atom. The van der Waals surface area contributed by atoms with E-state index in [1.807, 2.05) is 0 Å². The summed E-state index contributed by atoms with van der Waals surface area (Å²) in [4.78, 5) is 0. The number of alkyl halides is 1. The van der Waals surface area contributed by atoms with Crippen LogP contribution in [0.25, 0.3) is 0 Å². The highest BCUT2D eigenvalue weighted by Crippen LogP contribution is 2.49. The van der Waals surface area contributed by atoms with E-state index in [2.05, 4.69) is 29.8 Å². The van der Waals surface area contributed by atoms with Gasteiger partial charge in [0.15, 0.2) is 0 Å². The molecule has 0 nitrogen and oxygen atoms in total. The minimum atomic E-state index is 0.617.